The number of carbonyl (C=O) groups excluding carboxylic acids is 1. The number of dihydropyridines is 1. The van der Waals surface area contributed by atoms with E-state index in [1.165, 1.54) is 6.07 Å². The molecule has 3 aliphatic rings. The van der Waals surface area contributed by atoms with Crippen molar-refractivity contribution in [2.24, 2.45) is 16.8 Å². The van der Waals surface area contributed by atoms with E-state index in [9.17, 15) is 13.6 Å². The molecule has 2 unspecified atom stereocenters. The summed E-state index contributed by atoms with van der Waals surface area (Å²) in [6.07, 6.45) is 5.72. The van der Waals surface area contributed by atoms with Crippen LogP contribution in [-0.4, -0.2) is 53.7 Å². The van der Waals surface area contributed by atoms with Gasteiger partial charge in [-0.05, 0) is 54.7 Å². The Morgan fingerprint density at radius 2 is 2.00 bits per heavy atom. The zero-order valence-corrected chi connectivity index (χ0v) is 22.3. The van der Waals surface area contributed by atoms with Crippen molar-refractivity contribution in [1.29, 1.82) is 0 Å². The molecule has 1 N–H and O–H groups in total. The van der Waals surface area contributed by atoms with E-state index in [0.29, 0.717) is 52.8 Å². The van der Waals surface area contributed by atoms with E-state index in [1.807, 2.05) is 24.4 Å². The Morgan fingerprint density at radius 1 is 1.15 bits per heavy atom. The summed E-state index contributed by atoms with van der Waals surface area (Å²) in [4.78, 5) is 29.2. The quantitative estimate of drug-likeness (QED) is 0.433. The summed E-state index contributed by atoms with van der Waals surface area (Å²) in [5.74, 6) is -0.671. The monoisotopic (exact) mass is 547 g/mol. The minimum atomic E-state index is -0.828. The third-order valence-corrected chi connectivity index (χ3v) is 8.27. The van der Waals surface area contributed by atoms with Gasteiger partial charge in [-0.2, -0.15) is 0 Å². The molecular weight excluding hydrogens is 520 g/mol. The average molecular weight is 548 g/mol. The van der Waals surface area contributed by atoms with E-state index in [4.69, 9.17) is 16.6 Å². The lowest BCUT2D eigenvalue weighted by Gasteiger charge is -2.39. The molecule has 1 saturated heterocycles. The van der Waals surface area contributed by atoms with Crippen LogP contribution in [0.4, 0.5) is 14.5 Å². The molecule has 1 aliphatic carbocycles. The van der Waals surface area contributed by atoms with E-state index < -0.39 is 11.6 Å². The largest absolute Gasteiger partial charge is 0.367 e. The number of carbonyl (C=O) groups is 1. The number of anilines is 1. The third-order valence-electron chi connectivity index (χ3n) is 7.98. The number of fused-ring (bicyclic) bond motifs is 1. The molecule has 3 aromatic rings. The molecule has 4 heterocycles. The maximum atomic E-state index is 14.8. The van der Waals surface area contributed by atoms with E-state index in [-0.39, 0.29) is 29.1 Å². The summed E-state index contributed by atoms with van der Waals surface area (Å²) in [7, 11) is 0. The number of halogens is 3. The number of aliphatic imine (C=N–C) groups is 1. The predicted octanol–water partition coefficient (Wildman–Crippen LogP) is 5.40. The third kappa shape index (κ3) is 4.87. The number of hydrogen-bond acceptors (Lipinski definition) is 6. The Kier molecular flexibility index (Phi) is 6.77. The Bertz CT molecular complexity index is 1570. The highest BCUT2D eigenvalue weighted by Crippen LogP contribution is 2.36. The van der Waals surface area contributed by atoms with Gasteiger partial charge in [-0.15, -0.1) is 0 Å². The summed E-state index contributed by atoms with van der Waals surface area (Å²) in [5.41, 5.74) is 4.58. The Labute approximate surface area is 230 Å². The second-order valence-corrected chi connectivity index (χ2v) is 11.0. The zero-order chi connectivity index (χ0) is 27.3. The molecular formula is C30H28ClF2N5O. The predicted molar refractivity (Wildman–Crippen MR) is 150 cm³/mol. The minimum Gasteiger partial charge on any atom is -0.367 e. The van der Waals surface area contributed by atoms with Gasteiger partial charge in [-0.3, -0.25) is 14.8 Å². The van der Waals surface area contributed by atoms with Crippen molar-refractivity contribution in [2.45, 2.75) is 25.8 Å². The molecule has 6 rings (SSSR count). The standard InChI is InChI=1S/C30H28ClF2N5O/c1-16-9-21(29(36-13-16)20-11-22(31)24(33)12-23(20)32)25-5-6-26-27(37-25)10-18(14-35-26)38-8-7-34-28(15-38)30(39)19-4-3-17(19)2/h5-6,9-12,14,17,19,28,34H,1,3-4,7-8,13,15H2,2H3/t17?,19?,28-/m1/s1. The second kappa shape index (κ2) is 10.2. The van der Waals surface area contributed by atoms with E-state index in [2.05, 4.69) is 33.7 Å². The number of piperazine rings is 1. The number of aromatic nitrogens is 2. The minimum absolute atomic E-state index is 0.103. The van der Waals surface area contributed by atoms with Crippen molar-refractivity contribution in [1.82, 2.24) is 15.3 Å². The molecule has 200 valence electrons. The maximum absolute atomic E-state index is 14.8. The van der Waals surface area contributed by atoms with Crippen molar-refractivity contribution in [3.05, 3.63) is 82.7 Å². The summed E-state index contributed by atoms with van der Waals surface area (Å²) in [5, 5.41) is 3.21. The number of benzene rings is 1. The number of rotatable bonds is 5. The molecule has 0 spiro atoms. The first-order valence-electron chi connectivity index (χ1n) is 13.2. The molecule has 3 atom stereocenters. The van der Waals surface area contributed by atoms with Gasteiger partial charge >= 0.3 is 0 Å². The van der Waals surface area contributed by atoms with Crippen LogP contribution in [0.15, 0.2) is 59.7 Å². The van der Waals surface area contributed by atoms with Gasteiger partial charge in [0, 0.05) is 42.8 Å². The van der Waals surface area contributed by atoms with Crippen molar-refractivity contribution >= 4 is 45.4 Å². The molecule has 0 bridgehead atoms. The molecule has 39 heavy (non-hydrogen) atoms. The van der Waals surface area contributed by atoms with Crippen LogP contribution in [0.25, 0.3) is 16.6 Å². The smallest absolute Gasteiger partial charge is 0.154 e. The van der Waals surface area contributed by atoms with Gasteiger partial charge in [0.25, 0.3) is 0 Å². The number of allylic oxidation sites excluding steroid dienone is 1. The van der Waals surface area contributed by atoms with Crippen LogP contribution in [-0.2, 0) is 4.79 Å². The van der Waals surface area contributed by atoms with Crippen LogP contribution in [0.2, 0.25) is 5.02 Å². The first-order valence-corrected chi connectivity index (χ1v) is 13.5. The Balaban J connectivity index is 1.31. The zero-order valence-electron chi connectivity index (χ0n) is 21.6. The molecule has 9 heteroatoms. The summed E-state index contributed by atoms with van der Waals surface area (Å²) in [6, 6.07) is 7.44. The lowest BCUT2D eigenvalue weighted by Crippen LogP contribution is -2.57. The number of Topliss-reactive ketones (excluding diaryl/α,β-unsaturated/α-hetero) is 1. The van der Waals surface area contributed by atoms with E-state index in [0.717, 1.165) is 36.7 Å². The summed E-state index contributed by atoms with van der Waals surface area (Å²) in [6.45, 7) is 8.50. The summed E-state index contributed by atoms with van der Waals surface area (Å²) < 4.78 is 28.6. The fourth-order valence-corrected chi connectivity index (χ4v) is 5.72. The van der Waals surface area contributed by atoms with Crippen LogP contribution >= 0.6 is 11.6 Å². The second-order valence-electron chi connectivity index (χ2n) is 10.6. The van der Waals surface area contributed by atoms with Crippen LogP contribution in [0.3, 0.4) is 0 Å². The van der Waals surface area contributed by atoms with Gasteiger partial charge in [-0.1, -0.05) is 25.1 Å². The molecule has 1 saturated carbocycles. The van der Waals surface area contributed by atoms with E-state index in [1.54, 1.807) is 6.07 Å². The fourth-order valence-electron chi connectivity index (χ4n) is 5.56. The van der Waals surface area contributed by atoms with Gasteiger partial charge in [0.1, 0.15) is 11.6 Å². The van der Waals surface area contributed by atoms with Crippen LogP contribution in [0.1, 0.15) is 31.0 Å². The van der Waals surface area contributed by atoms with Crippen LogP contribution in [0, 0.1) is 23.5 Å². The van der Waals surface area contributed by atoms with Gasteiger partial charge in [-0.25, -0.2) is 13.8 Å². The molecule has 6 nitrogen and oxygen atoms in total. The SMILES string of the molecule is C=C1C=C(c2ccc3ncc(N4CCN[C@@H](C(=O)C5CCC5C)C4)cc3n2)C(c2cc(Cl)c(F)cc2F)=NC1. The topological polar surface area (TPSA) is 70.5 Å². The number of nitrogens with zero attached hydrogens (tertiary/aromatic N) is 4. The van der Waals surface area contributed by atoms with Crippen molar-refractivity contribution < 1.29 is 13.6 Å². The molecule has 0 radical (unpaired) electrons. The molecule has 2 fully saturated rings. The highest BCUT2D eigenvalue weighted by molar-refractivity contribution is 6.35. The van der Waals surface area contributed by atoms with Gasteiger partial charge in [0.15, 0.2) is 5.78 Å². The lowest BCUT2D eigenvalue weighted by atomic mass is 9.71. The van der Waals surface area contributed by atoms with E-state index >= 15 is 0 Å². The maximum Gasteiger partial charge on any atom is 0.154 e. The first-order chi connectivity index (χ1) is 18.8. The van der Waals surface area contributed by atoms with Gasteiger partial charge in [0.2, 0.25) is 0 Å². The molecule has 2 aromatic heterocycles. The number of ketones is 1. The average Bonchev–Trinajstić information content (AvgIpc) is 2.93. The Hall–Kier alpha value is -3.49. The number of hydrogen-bond donors (Lipinski definition) is 1. The highest BCUT2D eigenvalue weighted by Gasteiger charge is 2.38. The van der Waals surface area contributed by atoms with Crippen LogP contribution in [0.5, 0.6) is 0 Å². The number of pyridine rings is 2. The first kappa shape index (κ1) is 25.8. The Morgan fingerprint density at radius 3 is 2.77 bits per heavy atom. The lowest BCUT2D eigenvalue weighted by molar-refractivity contribution is -0.129. The molecule has 0 amide bonds. The highest BCUT2D eigenvalue weighted by atomic mass is 35.5. The van der Waals surface area contributed by atoms with Crippen molar-refractivity contribution in [2.75, 3.05) is 31.1 Å². The van der Waals surface area contributed by atoms with Gasteiger partial charge in [0.05, 0.1) is 51.9 Å². The molecule has 1 aromatic carbocycles. The normalized spacial score (nSPS) is 23.3. The fraction of sp³-hybridized carbons (Fsp3) is 0.333. The van der Waals surface area contributed by atoms with Crippen LogP contribution < -0.4 is 10.2 Å². The summed E-state index contributed by atoms with van der Waals surface area (Å²) >= 11 is 5.97. The van der Waals surface area contributed by atoms with Gasteiger partial charge < -0.3 is 10.2 Å². The van der Waals surface area contributed by atoms with Crippen molar-refractivity contribution in [3.63, 3.8) is 0 Å². The van der Waals surface area contributed by atoms with Crippen molar-refractivity contribution in [3.8, 4) is 0 Å². The molecule has 2 aliphatic heterocycles. The number of nitrogens with one attached hydrogen (secondary N) is 1.